The third kappa shape index (κ3) is 9.15. The first-order valence-corrected chi connectivity index (χ1v) is 15.5. The van der Waals surface area contributed by atoms with Gasteiger partial charge in [-0.05, 0) is 50.2 Å². The summed E-state index contributed by atoms with van der Waals surface area (Å²) in [6.07, 6.45) is 2.25. The minimum atomic E-state index is -3.42. The molecule has 0 fully saturated rings. The fourth-order valence-electron chi connectivity index (χ4n) is 3.26. The highest BCUT2D eigenvalue weighted by Gasteiger charge is 2.25. The van der Waals surface area contributed by atoms with Crippen LogP contribution in [0.1, 0.15) is 24.2 Å². The largest absolute Gasteiger partial charge is 0.491 e. The molecule has 0 aliphatic carbocycles. The molecule has 0 aliphatic heterocycles. The molecule has 2 aromatic carbocycles. The van der Waals surface area contributed by atoms with E-state index in [1.807, 2.05) is 0 Å². The predicted molar refractivity (Wildman–Crippen MR) is 142 cm³/mol. The monoisotopic (exact) mass is 582 g/mol. The van der Waals surface area contributed by atoms with Crippen LogP contribution in [0.15, 0.2) is 53.7 Å². The molecular formula is C24H31N4O9PS. The number of benzene rings is 2. The van der Waals surface area contributed by atoms with Crippen molar-refractivity contribution in [2.24, 2.45) is 0 Å². The van der Waals surface area contributed by atoms with Gasteiger partial charge in [0.2, 0.25) is 5.95 Å². The summed E-state index contributed by atoms with van der Waals surface area (Å²) >= 11 is 0. The van der Waals surface area contributed by atoms with E-state index in [1.165, 1.54) is 54.5 Å². The van der Waals surface area contributed by atoms with E-state index in [9.17, 15) is 17.8 Å². The first-order valence-electron chi connectivity index (χ1n) is 11.9. The summed E-state index contributed by atoms with van der Waals surface area (Å²) in [4.78, 5) is 17.2. The van der Waals surface area contributed by atoms with Gasteiger partial charge in [0.25, 0.3) is 5.91 Å². The molecule has 3 rings (SSSR count). The summed E-state index contributed by atoms with van der Waals surface area (Å²) in [5.74, 6) is 0.394. The molecule has 15 heteroatoms. The van der Waals surface area contributed by atoms with Gasteiger partial charge in [0.15, 0.2) is 9.84 Å². The van der Waals surface area contributed by atoms with Crippen LogP contribution in [-0.2, 0) is 34.5 Å². The maximum absolute atomic E-state index is 13.0. The molecule has 0 saturated carbocycles. The zero-order chi connectivity index (χ0) is 28.5. The van der Waals surface area contributed by atoms with E-state index in [-0.39, 0.29) is 48.3 Å². The Morgan fingerprint density at radius 2 is 1.67 bits per heavy atom. The van der Waals surface area contributed by atoms with Gasteiger partial charge in [0, 0.05) is 25.0 Å². The molecule has 1 heterocycles. The summed E-state index contributed by atoms with van der Waals surface area (Å²) in [6, 6.07) is 10.5. The van der Waals surface area contributed by atoms with Crippen molar-refractivity contribution >= 4 is 29.3 Å². The topological polar surface area (TPSA) is 157 Å². The first-order chi connectivity index (χ1) is 18.5. The van der Waals surface area contributed by atoms with Crippen LogP contribution in [0.2, 0.25) is 0 Å². The molecule has 0 saturated heterocycles. The smallest absolute Gasteiger partial charge is 0.351 e. The number of amides is 1. The number of hydrogen-bond donors (Lipinski definition) is 1. The van der Waals surface area contributed by atoms with Gasteiger partial charge in [-0.1, -0.05) is 0 Å². The number of anilines is 1. The van der Waals surface area contributed by atoms with Crippen molar-refractivity contribution in [3.05, 3.63) is 54.4 Å². The number of methoxy groups -OCH3 is 1. The van der Waals surface area contributed by atoms with Crippen LogP contribution in [0.25, 0.3) is 0 Å². The van der Waals surface area contributed by atoms with Crippen molar-refractivity contribution in [3.8, 4) is 17.2 Å². The second kappa shape index (κ2) is 13.7. The molecule has 0 unspecified atom stereocenters. The van der Waals surface area contributed by atoms with E-state index in [2.05, 4.69) is 15.4 Å². The number of nitrogens with zero attached hydrogens (tertiary/aromatic N) is 3. The third-order valence-corrected chi connectivity index (χ3v) is 7.99. The van der Waals surface area contributed by atoms with Gasteiger partial charge in [0.1, 0.15) is 36.5 Å². The first kappa shape index (κ1) is 30.3. The Morgan fingerprint density at radius 3 is 2.28 bits per heavy atom. The molecule has 212 valence electrons. The molecule has 0 atom stereocenters. The van der Waals surface area contributed by atoms with Gasteiger partial charge in [-0.25, -0.2) is 18.1 Å². The zero-order valence-electron chi connectivity index (χ0n) is 22.0. The Morgan fingerprint density at radius 1 is 1.00 bits per heavy atom. The van der Waals surface area contributed by atoms with Crippen LogP contribution in [0.4, 0.5) is 5.95 Å². The van der Waals surface area contributed by atoms with Gasteiger partial charge in [-0.2, -0.15) is 0 Å². The molecule has 39 heavy (non-hydrogen) atoms. The van der Waals surface area contributed by atoms with Crippen LogP contribution in [0.3, 0.4) is 0 Å². The Labute approximate surface area is 226 Å². The maximum atomic E-state index is 13.0. The fourth-order valence-corrected chi connectivity index (χ4v) is 5.41. The Bertz CT molecular complexity index is 1400. The van der Waals surface area contributed by atoms with Crippen molar-refractivity contribution in [3.63, 3.8) is 0 Å². The van der Waals surface area contributed by atoms with Crippen molar-refractivity contribution in [2.45, 2.75) is 25.0 Å². The zero-order valence-corrected chi connectivity index (χ0v) is 23.7. The van der Waals surface area contributed by atoms with Gasteiger partial charge < -0.3 is 23.3 Å². The molecular weight excluding hydrogens is 551 g/mol. The highest BCUT2D eigenvalue weighted by Crippen LogP contribution is 2.49. The number of sulfone groups is 1. The molecule has 1 amide bonds. The minimum absolute atomic E-state index is 0.0240. The highest BCUT2D eigenvalue weighted by atomic mass is 32.2. The lowest BCUT2D eigenvalue weighted by Gasteiger charge is -2.16. The Hall–Kier alpha value is -3.29. The molecule has 0 spiro atoms. The lowest BCUT2D eigenvalue weighted by atomic mass is 10.2. The molecule has 1 aromatic heterocycles. The summed E-state index contributed by atoms with van der Waals surface area (Å²) in [5, 5.41) is 6.72. The van der Waals surface area contributed by atoms with Crippen molar-refractivity contribution in [2.75, 3.05) is 45.1 Å². The minimum Gasteiger partial charge on any atom is -0.491 e. The summed E-state index contributed by atoms with van der Waals surface area (Å²) in [7, 11) is -5.24. The number of nitrogens with one attached hydrogen (secondary N) is 1. The lowest BCUT2D eigenvalue weighted by Crippen LogP contribution is -2.14. The number of carbonyl (C=O) groups excluding carboxylic acids is 1. The summed E-state index contributed by atoms with van der Waals surface area (Å²) < 4.78 is 64.5. The standard InChI is InChI=1S/C24H31N4O9PS/c1-5-35-38(30,36-6-2)17-28-16-25-24(27-28)26-23(29)18-13-20(34-12-11-33-3)15-21(14-18)37-19-7-9-22(10-8-19)39(4,31)32/h7-10,13-16H,5-6,11-12,17H2,1-4H3,(H,26,27,29). The van der Waals surface area contributed by atoms with Gasteiger partial charge in [-0.15, -0.1) is 5.10 Å². The number of carbonyl (C=O) groups is 1. The van der Waals surface area contributed by atoms with Crippen molar-refractivity contribution < 1.29 is 41.0 Å². The van der Waals surface area contributed by atoms with E-state index in [1.54, 1.807) is 19.9 Å². The number of ether oxygens (including phenoxy) is 3. The lowest BCUT2D eigenvalue weighted by molar-refractivity contribution is 0.102. The SMILES string of the molecule is CCOP(=O)(Cn1cnc(NC(=O)c2cc(OCCOC)cc(Oc3ccc(S(C)(=O)=O)cc3)c2)n1)OCC. The quantitative estimate of drug-likeness (QED) is 0.204. The Kier molecular flexibility index (Phi) is 10.6. The maximum Gasteiger partial charge on any atom is 0.351 e. The van der Waals surface area contributed by atoms with Crippen molar-refractivity contribution in [1.82, 2.24) is 14.8 Å². The van der Waals surface area contributed by atoms with E-state index in [0.717, 1.165) is 6.26 Å². The average Bonchev–Trinajstić information content (AvgIpc) is 3.30. The van der Waals surface area contributed by atoms with Gasteiger partial charge in [0.05, 0.1) is 24.7 Å². The normalized spacial score (nSPS) is 11.8. The van der Waals surface area contributed by atoms with E-state index >= 15 is 0 Å². The number of hydrogen-bond acceptors (Lipinski definition) is 11. The third-order valence-electron chi connectivity index (χ3n) is 4.92. The second-order valence-electron chi connectivity index (χ2n) is 8.03. The van der Waals surface area contributed by atoms with Crippen LogP contribution < -0.4 is 14.8 Å². The van der Waals surface area contributed by atoms with Gasteiger partial charge in [-0.3, -0.25) is 14.7 Å². The molecule has 3 aromatic rings. The number of aromatic nitrogens is 3. The van der Waals surface area contributed by atoms with E-state index in [4.69, 9.17) is 23.3 Å². The molecule has 0 bridgehead atoms. The Balaban J connectivity index is 1.79. The van der Waals surface area contributed by atoms with Gasteiger partial charge >= 0.3 is 7.60 Å². The van der Waals surface area contributed by atoms with Crippen LogP contribution >= 0.6 is 7.60 Å². The van der Waals surface area contributed by atoms with Crippen LogP contribution in [-0.4, -0.2) is 68.9 Å². The van der Waals surface area contributed by atoms with Crippen molar-refractivity contribution in [1.29, 1.82) is 0 Å². The highest BCUT2D eigenvalue weighted by molar-refractivity contribution is 7.90. The second-order valence-corrected chi connectivity index (χ2v) is 12.1. The molecule has 13 nitrogen and oxygen atoms in total. The van der Waals surface area contributed by atoms with E-state index in [0.29, 0.717) is 18.1 Å². The molecule has 1 N–H and O–H groups in total. The average molecular weight is 583 g/mol. The summed E-state index contributed by atoms with van der Waals surface area (Å²) in [6.45, 7) is 4.36. The van der Waals surface area contributed by atoms with Crippen LogP contribution in [0, 0.1) is 0 Å². The molecule has 0 aliphatic rings. The fraction of sp³-hybridized carbons (Fsp3) is 0.375. The van der Waals surface area contributed by atoms with E-state index < -0.39 is 23.3 Å². The molecule has 0 radical (unpaired) electrons. The summed E-state index contributed by atoms with van der Waals surface area (Å²) in [5.41, 5.74) is 0.179. The van der Waals surface area contributed by atoms with Crippen LogP contribution in [0.5, 0.6) is 17.2 Å². The number of rotatable bonds is 15. The predicted octanol–water partition coefficient (Wildman–Crippen LogP) is 3.98.